The zero-order chi connectivity index (χ0) is 21.2. The number of ether oxygens (including phenoxy) is 1. The van der Waals surface area contributed by atoms with Gasteiger partial charge in [-0.05, 0) is 54.7 Å². The Bertz CT molecular complexity index is 791. The molecule has 1 saturated heterocycles. The van der Waals surface area contributed by atoms with Crippen molar-refractivity contribution in [3.63, 3.8) is 0 Å². The predicted molar refractivity (Wildman–Crippen MR) is 109 cm³/mol. The normalized spacial score (nSPS) is 24.6. The zero-order valence-corrected chi connectivity index (χ0v) is 17.7. The Balaban J connectivity index is 1.57. The van der Waals surface area contributed by atoms with Crippen LogP contribution >= 0.6 is 0 Å². The summed E-state index contributed by atoms with van der Waals surface area (Å²) in [5.74, 6) is 0.597. The van der Waals surface area contributed by atoms with Crippen LogP contribution in [0.3, 0.4) is 0 Å². The number of carbonyl (C=O) groups is 3. The summed E-state index contributed by atoms with van der Waals surface area (Å²) in [6.07, 6.45) is 3.04. The molecule has 2 fully saturated rings. The van der Waals surface area contributed by atoms with E-state index in [1.807, 2.05) is 24.3 Å². The fourth-order valence-corrected chi connectivity index (χ4v) is 4.32. The first-order chi connectivity index (χ1) is 13.6. The molecule has 1 aromatic rings. The Kier molecular flexibility index (Phi) is 5.87. The maximum Gasteiger partial charge on any atom is 0.325 e. The van der Waals surface area contributed by atoms with Crippen molar-refractivity contribution in [2.24, 2.45) is 11.3 Å². The molecule has 1 aliphatic heterocycles. The summed E-state index contributed by atoms with van der Waals surface area (Å²) in [4.78, 5) is 38.8. The zero-order valence-electron chi connectivity index (χ0n) is 17.7. The highest BCUT2D eigenvalue weighted by Gasteiger charge is 2.53. The van der Waals surface area contributed by atoms with E-state index in [0.29, 0.717) is 31.1 Å². The van der Waals surface area contributed by atoms with Crippen LogP contribution in [0, 0.1) is 11.3 Å². The van der Waals surface area contributed by atoms with Crippen LogP contribution in [-0.2, 0) is 16.1 Å². The SMILES string of the molecule is COc1cccc(CNC(=O)CN2C(=O)NC3(CCC(C(C)(C)C)CC3)C2=O)c1. The van der Waals surface area contributed by atoms with Crippen molar-refractivity contribution in [2.45, 2.75) is 58.5 Å². The molecule has 0 radical (unpaired) electrons. The third-order valence-corrected chi connectivity index (χ3v) is 6.24. The minimum Gasteiger partial charge on any atom is -0.497 e. The summed E-state index contributed by atoms with van der Waals surface area (Å²) in [5.41, 5.74) is 0.227. The van der Waals surface area contributed by atoms with Gasteiger partial charge in [0, 0.05) is 6.54 Å². The third-order valence-electron chi connectivity index (χ3n) is 6.24. The molecule has 0 bridgehead atoms. The molecular weight excluding hydrogens is 370 g/mol. The molecule has 1 saturated carbocycles. The Hall–Kier alpha value is -2.57. The molecule has 3 rings (SSSR count). The van der Waals surface area contributed by atoms with Crippen LogP contribution in [0.5, 0.6) is 5.75 Å². The molecule has 0 atom stereocenters. The maximum absolute atomic E-state index is 13.0. The van der Waals surface area contributed by atoms with Crippen molar-refractivity contribution in [1.82, 2.24) is 15.5 Å². The summed E-state index contributed by atoms with van der Waals surface area (Å²) in [5, 5.41) is 5.64. The van der Waals surface area contributed by atoms with Crippen LogP contribution in [-0.4, -0.2) is 41.9 Å². The van der Waals surface area contributed by atoms with Crippen LogP contribution in [0.2, 0.25) is 0 Å². The van der Waals surface area contributed by atoms with E-state index in [2.05, 4.69) is 31.4 Å². The number of rotatable bonds is 5. The first-order valence-electron chi connectivity index (χ1n) is 10.2. The number of nitrogens with one attached hydrogen (secondary N) is 2. The van der Waals surface area contributed by atoms with Gasteiger partial charge in [-0.3, -0.25) is 14.5 Å². The number of nitrogens with zero attached hydrogens (tertiary/aromatic N) is 1. The van der Waals surface area contributed by atoms with Crippen LogP contribution < -0.4 is 15.4 Å². The highest BCUT2D eigenvalue weighted by molar-refractivity contribution is 6.09. The van der Waals surface area contributed by atoms with Crippen molar-refractivity contribution >= 4 is 17.8 Å². The monoisotopic (exact) mass is 401 g/mol. The van der Waals surface area contributed by atoms with E-state index in [1.165, 1.54) is 0 Å². The quantitative estimate of drug-likeness (QED) is 0.743. The lowest BCUT2D eigenvalue weighted by Gasteiger charge is -2.40. The van der Waals surface area contributed by atoms with Crippen molar-refractivity contribution in [3.8, 4) is 5.75 Å². The molecule has 2 aliphatic rings. The van der Waals surface area contributed by atoms with Crippen molar-refractivity contribution < 1.29 is 19.1 Å². The predicted octanol–water partition coefficient (Wildman–Crippen LogP) is 2.84. The first kappa shape index (κ1) is 21.1. The Morgan fingerprint density at radius 2 is 1.97 bits per heavy atom. The number of amides is 4. The molecule has 0 aromatic heterocycles. The molecule has 2 N–H and O–H groups in total. The molecule has 1 spiro atoms. The van der Waals surface area contributed by atoms with Crippen molar-refractivity contribution in [2.75, 3.05) is 13.7 Å². The van der Waals surface area contributed by atoms with Crippen LogP contribution in [0.15, 0.2) is 24.3 Å². The standard InChI is InChI=1S/C22H31N3O4/c1-21(2,3)16-8-10-22(11-9-16)19(27)25(20(28)24-22)14-18(26)23-13-15-6-5-7-17(12-15)29-4/h5-7,12,16H,8-11,13-14H2,1-4H3,(H,23,26)(H,24,28). The summed E-state index contributed by atoms with van der Waals surface area (Å²) < 4.78 is 5.17. The lowest BCUT2D eigenvalue weighted by Crippen LogP contribution is -2.51. The summed E-state index contributed by atoms with van der Waals surface area (Å²) in [6, 6.07) is 6.90. The van der Waals surface area contributed by atoms with E-state index >= 15 is 0 Å². The average molecular weight is 402 g/mol. The molecule has 4 amide bonds. The fraction of sp³-hybridized carbons (Fsp3) is 0.591. The Morgan fingerprint density at radius 1 is 1.28 bits per heavy atom. The Morgan fingerprint density at radius 3 is 2.59 bits per heavy atom. The fourth-order valence-electron chi connectivity index (χ4n) is 4.32. The molecule has 1 aromatic carbocycles. The number of methoxy groups -OCH3 is 1. The van der Waals surface area contributed by atoms with Crippen molar-refractivity contribution in [1.29, 1.82) is 0 Å². The third kappa shape index (κ3) is 4.54. The number of benzene rings is 1. The van der Waals surface area contributed by atoms with Gasteiger partial charge >= 0.3 is 6.03 Å². The smallest absolute Gasteiger partial charge is 0.325 e. The van der Waals surface area contributed by atoms with E-state index in [-0.39, 0.29) is 23.8 Å². The van der Waals surface area contributed by atoms with Gasteiger partial charge in [0.1, 0.15) is 17.8 Å². The second-order valence-corrected chi connectivity index (χ2v) is 9.17. The number of carbonyl (C=O) groups excluding carboxylic acids is 3. The van der Waals surface area contributed by atoms with Gasteiger partial charge in [-0.25, -0.2) is 4.79 Å². The number of imide groups is 1. The van der Waals surface area contributed by atoms with Gasteiger partial charge in [0.2, 0.25) is 5.91 Å². The minimum atomic E-state index is -0.841. The molecule has 7 nitrogen and oxygen atoms in total. The van der Waals surface area contributed by atoms with Gasteiger partial charge in [0.15, 0.2) is 0 Å². The topological polar surface area (TPSA) is 87.7 Å². The summed E-state index contributed by atoms with van der Waals surface area (Å²) in [6.45, 7) is 6.67. The molecule has 0 unspecified atom stereocenters. The van der Waals surface area contributed by atoms with Crippen molar-refractivity contribution in [3.05, 3.63) is 29.8 Å². The van der Waals surface area contributed by atoms with Crippen LogP contribution in [0.1, 0.15) is 52.0 Å². The number of hydrogen-bond acceptors (Lipinski definition) is 4. The number of urea groups is 1. The maximum atomic E-state index is 13.0. The van der Waals surface area contributed by atoms with Gasteiger partial charge < -0.3 is 15.4 Å². The van der Waals surface area contributed by atoms with Gasteiger partial charge in [-0.15, -0.1) is 0 Å². The average Bonchev–Trinajstić information content (AvgIpc) is 2.90. The van der Waals surface area contributed by atoms with E-state index in [4.69, 9.17) is 4.74 Å². The Labute approximate surface area is 172 Å². The lowest BCUT2D eigenvalue weighted by atomic mass is 9.67. The van der Waals surface area contributed by atoms with Gasteiger partial charge in [0.25, 0.3) is 5.91 Å². The van der Waals surface area contributed by atoms with Gasteiger partial charge in [-0.1, -0.05) is 32.9 Å². The highest BCUT2D eigenvalue weighted by atomic mass is 16.5. The first-order valence-corrected chi connectivity index (χ1v) is 10.2. The molecular formula is C22H31N3O4. The molecule has 7 heteroatoms. The highest BCUT2D eigenvalue weighted by Crippen LogP contribution is 2.43. The molecule has 1 heterocycles. The van der Waals surface area contributed by atoms with Crippen LogP contribution in [0.4, 0.5) is 4.79 Å². The molecule has 29 heavy (non-hydrogen) atoms. The van der Waals surface area contributed by atoms with Gasteiger partial charge in [0.05, 0.1) is 7.11 Å². The lowest BCUT2D eigenvalue weighted by molar-refractivity contribution is -0.136. The largest absolute Gasteiger partial charge is 0.497 e. The number of hydrogen-bond donors (Lipinski definition) is 2. The van der Waals surface area contributed by atoms with Gasteiger partial charge in [-0.2, -0.15) is 0 Å². The van der Waals surface area contributed by atoms with E-state index in [0.717, 1.165) is 23.3 Å². The molecule has 158 valence electrons. The van der Waals surface area contributed by atoms with Crippen LogP contribution in [0.25, 0.3) is 0 Å². The van der Waals surface area contributed by atoms with E-state index < -0.39 is 11.6 Å². The molecule has 1 aliphatic carbocycles. The minimum absolute atomic E-state index is 0.187. The summed E-state index contributed by atoms with van der Waals surface area (Å²) in [7, 11) is 1.58. The second-order valence-electron chi connectivity index (χ2n) is 9.17. The van der Waals surface area contributed by atoms with E-state index in [9.17, 15) is 14.4 Å². The van der Waals surface area contributed by atoms with E-state index in [1.54, 1.807) is 7.11 Å². The second kappa shape index (κ2) is 8.05. The summed E-state index contributed by atoms with van der Waals surface area (Å²) >= 11 is 0.